The number of carbonyl (C=O) groups is 2. The summed E-state index contributed by atoms with van der Waals surface area (Å²) >= 11 is 0. The second-order valence-corrected chi connectivity index (χ2v) is 6.67. The largest absolute Gasteiger partial charge is 0.497 e. The van der Waals surface area contributed by atoms with E-state index in [0.717, 1.165) is 11.4 Å². The van der Waals surface area contributed by atoms with Gasteiger partial charge in [0, 0.05) is 24.2 Å². The summed E-state index contributed by atoms with van der Waals surface area (Å²) in [5.74, 6) is 1.10. The van der Waals surface area contributed by atoms with E-state index in [0.29, 0.717) is 30.2 Å². The lowest BCUT2D eigenvalue weighted by molar-refractivity contribution is -0.126. The van der Waals surface area contributed by atoms with Gasteiger partial charge in [-0.15, -0.1) is 0 Å². The number of carbonyl (C=O) groups excluding carboxylic acids is 2. The number of anilines is 1. The molecule has 158 valence electrons. The van der Waals surface area contributed by atoms with Gasteiger partial charge in [-0.3, -0.25) is 9.59 Å². The molecule has 2 aromatic carbocycles. The van der Waals surface area contributed by atoms with E-state index in [1.807, 2.05) is 31.2 Å². The lowest BCUT2D eigenvalue weighted by Crippen LogP contribution is -2.30. The second-order valence-electron chi connectivity index (χ2n) is 6.67. The molecule has 0 saturated carbocycles. The van der Waals surface area contributed by atoms with E-state index in [4.69, 9.17) is 14.2 Å². The molecule has 1 fully saturated rings. The minimum atomic E-state index is -0.478. The fraction of sp³-hybridized carbons (Fsp3) is 0.318. The first-order valence-corrected chi connectivity index (χ1v) is 9.63. The fourth-order valence-corrected chi connectivity index (χ4v) is 3.22. The molecule has 2 aromatic rings. The summed E-state index contributed by atoms with van der Waals surface area (Å²) in [6, 6.07) is 12.5. The Kier molecular flexibility index (Phi) is 6.90. The Hall–Kier alpha value is -3.55. The van der Waals surface area contributed by atoms with Crippen molar-refractivity contribution < 1.29 is 23.8 Å². The molecule has 30 heavy (non-hydrogen) atoms. The Balaban J connectivity index is 1.61. The van der Waals surface area contributed by atoms with Crippen LogP contribution in [0, 0.1) is 5.92 Å². The van der Waals surface area contributed by atoms with Gasteiger partial charge in [0.15, 0.2) is 0 Å². The van der Waals surface area contributed by atoms with Crippen molar-refractivity contribution in [2.45, 2.75) is 13.3 Å². The summed E-state index contributed by atoms with van der Waals surface area (Å²) in [6.45, 7) is 2.79. The second kappa shape index (κ2) is 9.78. The minimum Gasteiger partial charge on any atom is -0.497 e. The zero-order valence-electron chi connectivity index (χ0n) is 17.3. The molecule has 1 atom stereocenters. The number of methoxy groups -OCH3 is 2. The zero-order chi connectivity index (χ0) is 21.5. The Morgan fingerprint density at radius 1 is 1.17 bits per heavy atom. The highest BCUT2D eigenvalue weighted by molar-refractivity contribution is 6.00. The van der Waals surface area contributed by atoms with E-state index in [9.17, 15) is 9.59 Å². The van der Waals surface area contributed by atoms with Crippen LogP contribution < -0.4 is 24.5 Å². The first kappa shape index (κ1) is 21.2. The number of ether oxygens (including phenoxy) is 3. The topological polar surface area (TPSA) is 89.5 Å². The first-order chi connectivity index (χ1) is 14.5. The van der Waals surface area contributed by atoms with Crippen molar-refractivity contribution in [1.82, 2.24) is 5.43 Å². The lowest BCUT2D eigenvalue weighted by atomic mass is 10.1. The quantitative estimate of drug-likeness (QED) is 0.533. The van der Waals surface area contributed by atoms with Crippen LogP contribution in [-0.2, 0) is 9.59 Å². The molecule has 8 heteroatoms. The number of hydrogen-bond acceptors (Lipinski definition) is 6. The lowest BCUT2D eigenvalue weighted by Gasteiger charge is -2.17. The molecular formula is C22H25N3O5. The van der Waals surface area contributed by atoms with Crippen LogP contribution in [0.5, 0.6) is 17.2 Å². The molecular weight excluding hydrogens is 386 g/mol. The van der Waals surface area contributed by atoms with Crippen molar-refractivity contribution >= 4 is 23.7 Å². The third-order valence-corrected chi connectivity index (χ3v) is 4.77. The third kappa shape index (κ3) is 4.89. The van der Waals surface area contributed by atoms with Gasteiger partial charge in [0.05, 0.1) is 33.0 Å². The van der Waals surface area contributed by atoms with Crippen LogP contribution in [0.3, 0.4) is 0 Å². The fourth-order valence-electron chi connectivity index (χ4n) is 3.22. The number of hydrogen-bond donors (Lipinski definition) is 1. The number of benzene rings is 2. The molecule has 1 saturated heterocycles. The number of nitrogens with one attached hydrogen (secondary N) is 1. The number of hydrazone groups is 1. The monoisotopic (exact) mass is 411 g/mol. The molecule has 8 nitrogen and oxygen atoms in total. The van der Waals surface area contributed by atoms with Crippen LogP contribution in [0.25, 0.3) is 0 Å². The number of rotatable bonds is 8. The molecule has 3 rings (SSSR count). The van der Waals surface area contributed by atoms with Crippen LogP contribution in [0.2, 0.25) is 0 Å². The molecule has 0 bridgehead atoms. The number of nitrogens with zero attached hydrogens (tertiary/aromatic N) is 2. The van der Waals surface area contributed by atoms with Gasteiger partial charge in [-0.1, -0.05) is 0 Å². The van der Waals surface area contributed by atoms with Crippen LogP contribution in [0.1, 0.15) is 18.9 Å². The SMILES string of the molecule is CCOc1ccc(N2C[C@H](C(=O)N/N=C\c3cc(OC)ccc3OC)CC2=O)cc1. The first-order valence-electron chi connectivity index (χ1n) is 9.63. The highest BCUT2D eigenvalue weighted by Crippen LogP contribution is 2.27. The van der Waals surface area contributed by atoms with Crippen molar-refractivity contribution in [3.05, 3.63) is 48.0 Å². The highest BCUT2D eigenvalue weighted by atomic mass is 16.5. The van der Waals surface area contributed by atoms with Crippen LogP contribution in [0.15, 0.2) is 47.6 Å². The van der Waals surface area contributed by atoms with Crippen molar-refractivity contribution in [2.75, 3.05) is 32.3 Å². The normalized spacial score (nSPS) is 16.0. The smallest absolute Gasteiger partial charge is 0.245 e. The van der Waals surface area contributed by atoms with Gasteiger partial charge in [0.2, 0.25) is 11.8 Å². The van der Waals surface area contributed by atoms with Crippen molar-refractivity contribution in [3.8, 4) is 17.2 Å². The maximum atomic E-state index is 12.5. The summed E-state index contributed by atoms with van der Waals surface area (Å²) in [4.78, 5) is 26.5. The van der Waals surface area contributed by atoms with Gasteiger partial charge in [-0.05, 0) is 49.4 Å². The van der Waals surface area contributed by atoms with E-state index in [1.165, 1.54) is 6.21 Å². The van der Waals surface area contributed by atoms with E-state index in [1.54, 1.807) is 37.3 Å². The Bertz CT molecular complexity index is 927. The standard InChI is InChI=1S/C22H25N3O5/c1-4-30-18-7-5-17(6-8-18)25-14-16(12-21(25)26)22(27)24-23-13-15-11-19(28-2)9-10-20(15)29-3/h5-11,13,16H,4,12,14H2,1-3H3,(H,24,27)/b23-13-/t16-/m1/s1. The molecule has 1 N–H and O–H groups in total. The molecule has 1 aliphatic heterocycles. The molecule has 0 unspecified atom stereocenters. The van der Waals surface area contributed by atoms with E-state index in [2.05, 4.69) is 10.5 Å². The van der Waals surface area contributed by atoms with Gasteiger partial charge >= 0.3 is 0 Å². The summed E-state index contributed by atoms with van der Waals surface area (Å²) in [6.07, 6.45) is 1.62. The molecule has 0 spiro atoms. The molecule has 1 aliphatic rings. The van der Waals surface area contributed by atoms with Gasteiger partial charge in [-0.2, -0.15) is 5.10 Å². The predicted molar refractivity (Wildman–Crippen MR) is 113 cm³/mol. The zero-order valence-corrected chi connectivity index (χ0v) is 17.3. The van der Waals surface area contributed by atoms with Crippen molar-refractivity contribution in [2.24, 2.45) is 11.0 Å². The third-order valence-electron chi connectivity index (χ3n) is 4.77. The van der Waals surface area contributed by atoms with Gasteiger partial charge in [0.1, 0.15) is 17.2 Å². The molecule has 0 aliphatic carbocycles. The Labute approximate surface area is 175 Å². The Morgan fingerprint density at radius 3 is 2.57 bits per heavy atom. The van der Waals surface area contributed by atoms with E-state index >= 15 is 0 Å². The molecule has 0 radical (unpaired) electrons. The average Bonchev–Trinajstić information content (AvgIpc) is 3.16. The maximum absolute atomic E-state index is 12.5. The summed E-state index contributed by atoms with van der Waals surface area (Å²) in [7, 11) is 3.12. The van der Waals surface area contributed by atoms with Crippen LogP contribution >= 0.6 is 0 Å². The minimum absolute atomic E-state index is 0.0993. The summed E-state index contributed by atoms with van der Waals surface area (Å²) in [5, 5.41) is 4.02. The van der Waals surface area contributed by atoms with Crippen molar-refractivity contribution in [1.29, 1.82) is 0 Å². The van der Waals surface area contributed by atoms with Gasteiger partial charge in [-0.25, -0.2) is 5.43 Å². The van der Waals surface area contributed by atoms with Crippen molar-refractivity contribution in [3.63, 3.8) is 0 Å². The maximum Gasteiger partial charge on any atom is 0.245 e. The summed E-state index contributed by atoms with van der Waals surface area (Å²) in [5.41, 5.74) is 3.92. The summed E-state index contributed by atoms with van der Waals surface area (Å²) < 4.78 is 15.9. The highest BCUT2D eigenvalue weighted by Gasteiger charge is 2.35. The van der Waals surface area contributed by atoms with Crippen LogP contribution in [-0.4, -0.2) is 45.4 Å². The average molecular weight is 411 g/mol. The van der Waals surface area contributed by atoms with Gasteiger partial charge in [0.25, 0.3) is 0 Å². The number of amides is 2. The molecule has 2 amide bonds. The predicted octanol–water partition coefficient (Wildman–Crippen LogP) is 2.61. The Morgan fingerprint density at radius 2 is 1.90 bits per heavy atom. The molecule has 0 aromatic heterocycles. The van der Waals surface area contributed by atoms with E-state index in [-0.39, 0.29) is 18.2 Å². The molecule has 1 heterocycles. The van der Waals surface area contributed by atoms with Crippen LogP contribution in [0.4, 0.5) is 5.69 Å². The van der Waals surface area contributed by atoms with E-state index < -0.39 is 5.92 Å². The van der Waals surface area contributed by atoms with Gasteiger partial charge < -0.3 is 19.1 Å².